The molecule has 0 saturated carbocycles. The molecule has 6 nitrogen and oxygen atoms in total. The molecule has 0 bridgehead atoms. The first kappa shape index (κ1) is 22.7. The lowest BCUT2D eigenvalue weighted by Crippen LogP contribution is -2.37. The van der Waals surface area contributed by atoms with Crippen LogP contribution in [0.15, 0.2) is 58.4 Å². The van der Waals surface area contributed by atoms with Crippen molar-refractivity contribution in [1.29, 1.82) is 0 Å². The number of sulfone groups is 1. The fourth-order valence-corrected chi connectivity index (χ4v) is 4.10. The number of unbranched alkanes of at least 4 members (excludes halogenated alkanes) is 1. The van der Waals surface area contributed by atoms with Gasteiger partial charge in [0.05, 0.1) is 4.90 Å². The average molecular weight is 417 g/mol. The fraction of sp³-hybridized carbons (Fsp3) is 0.409. The van der Waals surface area contributed by atoms with Gasteiger partial charge in [0.2, 0.25) is 0 Å². The second kappa shape index (κ2) is 10.9. The summed E-state index contributed by atoms with van der Waals surface area (Å²) in [5.74, 6) is 0.742. The van der Waals surface area contributed by atoms with E-state index in [4.69, 9.17) is 0 Å². The molecule has 0 aromatic heterocycles. The monoisotopic (exact) mass is 416 g/mol. The normalized spacial score (nSPS) is 11.9. The summed E-state index contributed by atoms with van der Waals surface area (Å²) < 4.78 is 23.4. The minimum atomic E-state index is -3.19. The molecule has 7 heteroatoms. The molecule has 2 aromatic rings. The van der Waals surface area contributed by atoms with Gasteiger partial charge in [0.25, 0.3) is 0 Å². The number of rotatable bonds is 9. The third-order valence-corrected chi connectivity index (χ3v) is 5.99. The number of anilines is 1. The molecule has 0 saturated heterocycles. The van der Waals surface area contributed by atoms with Crippen LogP contribution in [0.4, 0.5) is 5.69 Å². The van der Waals surface area contributed by atoms with E-state index < -0.39 is 9.84 Å². The van der Waals surface area contributed by atoms with Crippen LogP contribution in [-0.4, -0.2) is 47.8 Å². The highest BCUT2D eigenvalue weighted by Crippen LogP contribution is 2.16. The summed E-state index contributed by atoms with van der Waals surface area (Å²) in [4.78, 5) is 6.89. The number of guanidine groups is 1. The largest absolute Gasteiger partial charge is 0.375 e. The van der Waals surface area contributed by atoms with Crippen LogP contribution >= 0.6 is 0 Å². The Morgan fingerprint density at radius 3 is 2.41 bits per heavy atom. The molecule has 0 aliphatic heterocycles. The summed E-state index contributed by atoms with van der Waals surface area (Å²) in [7, 11) is 0.670. The van der Waals surface area contributed by atoms with Gasteiger partial charge in [-0.05, 0) is 49.1 Å². The average Bonchev–Trinajstić information content (AvgIpc) is 2.69. The predicted molar refractivity (Wildman–Crippen MR) is 121 cm³/mol. The number of aliphatic imine (C=N–C) groups is 1. The van der Waals surface area contributed by atoms with Crippen LogP contribution in [-0.2, 0) is 16.4 Å². The molecule has 0 atom stereocenters. The van der Waals surface area contributed by atoms with Gasteiger partial charge in [0.1, 0.15) is 0 Å². The van der Waals surface area contributed by atoms with E-state index in [-0.39, 0.29) is 0 Å². The standard InChI is InChI=1S/C22H32N4O2S/c1-18-16-19(12-13-21(18)29(4,27)28)17-25-22(23-2)24-14-8-9-15-26(3)20-10-6-5-7-11-20/h5-7,10-13,16H,8-9,14-15,17H2,1-4H3,(H2,23,24,25). The predicted octanol–water partition coefficient (Wildman–Crippen LogP) is 2.98. The summed E-state index contributed by atoms with van der Waals surface area (Å²) in [6.45, 7) is 4.25. The molecule has 158 valence electrons. The van der Waals surface area contributed by atoms with Crippen LogP contribution in [0.25, 0.3) is 0 Å². The molecule has 0 radical (unpaired) electrons. The number of nitrogens with zero attached hydrogens (tertiary/aromatic N) is 2. The van der Waals surface area contributed by atoms with Gasteiger partial charge in [0, 0.05) is 45.7 Å². The summed E-state index contributed by atoms with van der Waals surface area (Å²) in [5, 5.41) is 6.60. The number of para-hydroxylation sites is 1. The topological polar surface area (TPSA) is 73.8 Å². The molecule has 0 aliphatic rings. The van der Waals surface area contributed by atoms with E-state index >= 15 is 0 Å². The van der Waals surface area contributed by atoms with Gasteiger partial charge < -0.3 is 15.5 Å². The minimum absolute atomic E-state index is 0.379. The number of hydrogen-bond acceptors (Lipinski definition) is 4. The van der Waals surface area contributed by atoms with Crippen molar-refractivity contribution < 1.29 is 8.42 Å². The van der Waals surface area contributed by atoms with E-state index in [0.717, 1.165) is 43.0 Å². The summed E-state index contributed by atoms with van der Waals surface area (Å²) in [6, 6.07) is 15.8. The molecule has 2 rings (SSSR count). The zero-order chi connectivity index (χ0) is 21.3. The Balaban J connectivity index is 1.72. The van der Waals surface area contributed by atoms with Crippen LogP contribution in [0.2, 0.25) is 0 Å². The van der Waals surface area contributed by atoms with Crippen molar-refractivity contribution in [3.8, 4) is 0 Å². The number of benzene rings is 2. The lowest BCUT2D eigenvalue weighted by Gasteiger charge is -2.19. The van der Waals surface area contributed by atoms with E-state index in [2.05, 4.69) is 51.8 Å². The second-order valence-corrected chi connectivity index (χ2v) is 9.17. The van der Waals surface area contributed by atoms with E-state index in [9.17, 15) is 8.42 Å². The van der Waals surface area contributed by atoms with Crippen molar-refractivity contribution in [2.45, 2.75) is 31.2 Å². The zero-order valence-corrected chi connectivity index (χ0v) is 18.6. The second-order valence-electron chi connectivity index (χ2n) is 7.19. The molecular formula is C22H32N4O2S. The van der Waals surface area contributed by atoms with Gasteiger partial charge >= 0.3 is 0 Å². The number of nitrogens with one attached hydrogen (secondary N) is 2. The first-order valence-corrected chi connectivity index (χ1v) is 11.7. The van der Waals surface area contributed by atoms with Gasteiger partial charge in [-0.25, -0.2) is 8.42 Å². The molecule has 2 aromatic carbocycles. The third kappa shape index (κ3) is 7.42. The van der Waals surface area contributed by atoms with Crippen LogP contribution in [0.5, 0.6) is 0 Å². The van der Waals surface area contributed by atoms with Gasteiger partial charge in [0.15, 0.2) is 15.8 Å². The number of aryl methyl sites for hydroxylation is 1. The first-order chi connectivity index (χ1) is 13.8. The molecule has 0 fully saturated rings. The Hall–Kier alpha value is -2.54. The van der Waals surface area contributed by atoms with E-state index in [1.54, 1.807) is 13.1 Å². The van der Waals surface area contributed by atoms with Crippen molar-refractivity contribution in [2.75, 3.05) is 38.3 Å². The molecule has 0 spiro atoms. The first-order valence-electron chi connectivity index (χ1n) is 9.81. The molecule has 0 aliphatic carbocycles. The van der Waals surface area contributed by atoms with E-state index in [1.165, 1.54) is 11.9 Å². The van der Waals surface area contributed by atoms with E-state index in [1.807, 2.05) is 25.1 Å². The van der Waals surface area contributed by atoms with E-state index in [0.29, 0.717) is 11.4 Å². The summed E-state index contributed by atoms with van der Waals surface area (Å²) in [5.41, 5.74) is 3.01. The van der Waals surface area contributed by atoms with Crippen molar-refractivity contribution in [1.82, 2.24) is 10.6 Å². The lowest BCUT2D eigenvalue weighted by atomic mass is 10.1. The summed E-state index contributed by atoms with van der Waals surface area (Å²) in [6.07, 6.45) is 3.36. The highest BCUT2D eigenvalue weighted by atomic mass is 32.2. The Bertz CT molecular complexity index is 912. The molecule has 0 unspecified atom stereocenters. The van der Waals surface area contributed by atoms with Crippen molar-refractivity contribution >= 4 is 21.5 Å². The van der Waals surface area contributed by atoms with Crippen LogP contribution in [0.3, 0.4) is 0 Å². The van der Waals surface area contributed by atoms with Crippen LogP contribution in [0.1, 0.15) is 24.0 Å². The summed E-state index contributed by atoms with van der Waals surface area (Å²) >= 11 is 0. The van der Waals surface area contributed by atoms with Gasteiger partial charge in [-0.15, -0.1) is 0 Å². The zero-order valence-electron chi connectivity index (χ0n) is 17.8. The Labute approximate surface area is 175 Å². The van der Waals surface area contributed by atoms with Gasteiger partial charge in [-0.2, -0.15) is 0 Å². The maximum Gasteiger partial charge on any atom is 0.191 e. The highest BCUT2D eigenvalue weighted by Gasteiger charge is 2.11. The molecule has 29 heavy (non-hydrogen) atoms. The molecule has 0 amide bonds. The third-order valence-electron chi connectivity index (χ3n) is 4.73. The van der Waals surface area contributed by atoms with Crippen molar-refractivity contribution in [3.63, 3.8) is 0 Å². The lowest BCUT2D eigenvalue weighted by molar-refractivity contribution is 0.601. The van der Waals surface area contributed by atoms with Crippen molar-refractivity contribution in [2.24, 2.45) is 4.99 Å². The number of hydrogen-bond donors (Lipinski definition) is 2. The van der Waals surface area contributed by atoms with Crippen LogP contribution in [0, 0.1) is 6.92 Å². The van der Waals surface area contributed by atoms with Gasteiger partial charge in [-0.1, -0.05) is 30.3 Å². The molecular weight excluding hydrogens is 384 g/mol. The quantitative estimate of drug-likeness (QED) is 0.373. The Morgan fingerprint density at radius 2 is 1.79 bits per heavy atom. The maximum absolute atomic E-state index is 11.7. The van der Waals surface area contributed by atoms with Crippen molar-refractivity contribution in [3.05, 3.63) is 59.7 Å². The maximum atomic E-state index is 11.7. The molecule has 0 heterocycles. The SMILES string of the molecule is CN=C(NCCCCN(C)c1ccccc1)NCc1ccc(S(C)(=O)=O)c(C)c1. The van der Waals surface area contributed by atoms with Gasteiger partial charge in [-0.3, -0.25) is 4.99 Å². The Morgan fingerprint density at radius 1 is 1.07 bits per heavy atom. The molecule has 2 N–H and O–H groups in total. The van der Waals surface area contributed by atoms with Crippen LogP contribution < -0.4 is 15.5 Å². The fourth-order valence-electron chi connectivity index (χ4n) is 3.14. The Kier molecular flexibility index (Phi) is 8.51. The highest BCUT2D eigenvalue weighted by molar-refractivity contribution is 7.90. The minimum Gasteiger partial charge on any atom is -0.375 e. The smallest absolute Gasteiger partial charge is 0.191 e.